The van der Waals surface area contributed by atoms with E-state index in [-0.39, 0.29) is 11.8 Å². The van der Waals surface area contributed by atoms with Crippen LogP contribution in [0, 0.1) is 13.8 Å². The van der Waals surface area contributed by atoms with Crippen molar-refractivity contribution < 1.29 is 9.59 Å². The number of nitrogens with zero attached hydrogens (tertiary/aromatic N) is 2. The van der Waals surface area contributed by atoms with Crippen molar-refractivity contribution in [2.24, 2.45) is 0 Å². The SMILES string of the molecule is CC(=O)N1CCN(c2ccc(NC(=O)c3ccc(C)c(C)c3)cc2)CC1. The molecule has 1 aliphatic heterocycles. The quantitative estimate of drug-likeness (QED) is 0.924. The predicted octanol–water partition coefficient (Wildman–Crippen LogP) is 3.22. The van der Waals surface area contributed by atoms with E-state index in [1.54, 1.807) is 6.92 Å². The lowest BCUT2D eigenvalue weighted by atomic mass is 10.1. The van der Waals surface area contributed by atoms with Crippen molar-refractivity contribution in [2.45, 2.75) is 20.8 Å². The number of hydrogen-bond donors (Lipinski definition) is 1. The fraction of sp³-hybridized carbons (Fsp3) is 0.333. The molecule has 0 bridgehead atoms. The van der Waals surface area contributed by atoms with Crippen LogP contribution in [0.15, 0.2) is 42.5 Å². The van der Waals surface area contributed by atoms with Gasteiger partial charge in [-0.1, -0.05) is 6.07 Å². The average Bonchev–Trinajstić information content (AvgIpc) is 2.64. The molecule has 0 spiro atoms. The van der Waals surface area contributed by atoms with Crippen LogP contribution < -0.4 is 10.2 Å². The van der Waals surface area contributed by atoms with E-state index in [1.807, 2.05) is 61.2 Å². The van der Waals surface area contributed by atoms with Gasteiger partial charge in [-0.25, -0.2) is 0 Å². The van der Waals surface area contributed by atoms with Gasteiger partial charge in [0.1, 0.15) is 0 Å². The van der Waals surface area contributed by atoms with Crippen LogP contribution in [-0.4, -0.2) is 42.9 Å². The number of hydrogen-bond acceptors (Lipinski definition) is 3. The summed E-state index contributed by atoms with van der Waals surface area (Å²) in [5.74, 6) is 0.0324. The lowest BCUT2D eigenvalue weighted by Crippen LogP contribution is -2.48. The first-order valence-electron chi connectivity index (χ1n) is 8.93. The second-order valence-corrected chi connectivity index (χ2v) is 6.79. The molecule has 5 heteroatoms. The van der Waals surface area contributed by atoms with Gasteiger partial charge in [0.2, 0.25) is 5.91 Å². The smallest absolute Gasteiger partial charge is 0.255 e. The third-order valence-corrected chi connectivity index (χ3v) is 4.98. The Morgan fingerprint density at radius 1 is 0.885 bits per heavy atom. The Morgan fingerprint density at radius 2 is 1.54 bits per heavy atom. The lowest BCUT2D eigenvalue weighted by Gasteiger charge is -2.35. The highest BCUT2D eigenvalue weighted by atomic mass is 16.2. The number of amides is 2. The summed E-state index contributed by atoms with van der Waals surface area (Å²) in [7, 11) is 0. The van der Waals surface area contributed by atoms with Crippen molar-refractivity contribution in [1.82, 2.24) is 4.90 Å². The summed E-state index contributed by atoms with van der Waals surface area (Å²) < 4.78 is 0. The molecule has 1 aliphatic rings. The van der Waals surface area contributed by atoms with Crippen LogP contribution in [0.2, 0.25) is 0 Å². The Bertz CT molecular complexity index is 807. The van der Waals surface area contributed by atoms with Gasteiger partial charge < -0.3 is 15.1 Å². The maximum absolute atomic E-state index is 12.4. The average molecular weight is 351 g/mol. The van der Waals surface area contributed by atoms with E-state index in [2.05, 4.69) is 10.2 Å². The first kappa shape index (κ1) is 18.0. The van der Waals surface area contributed by atoms with Crippen LogP contribution in [0.5, 0.6) is 0 Å². The summed E-state index contributed by atoms with van der Waals surface area (Å²) in [5, 5.41) is 2.95. The Hall–Kier alpha value is -2.82. The standard InChI is InChI=1S/C21H25N3O2/c1-15-4-5-18(14-16(15)2)21(26)22-19-6-8-20(9-7-19)24-12-10-23(11-13-24)17(3)25/h4-9,14H,10-13H2,1-3H3,(H,22,26). The molecule has 1 fully saturated rings. The van der Waals surface area contributed by atoms with E-state index >= 15 is 0 Å². The minimum absolute atomic E-state index is 0.101. The third-order valence-electron chi connectivity index (χ3n) is 4.98. The van der Waals surface area contributed by atoms with Crippen molar-refractivity contribution in [2.75, 3.05) is 36.4 Å². The fourth-order valence-corrected chi connectivity index (χ4v) is 3.12. The minimum Gasteiger partial charge on any atom is -0.368 e. The molecule has 1 N–H and O–H groups in total. The number of carbonyl (C=O) groups excluding carboxylic acids is 2. The molecule has 0 saturated carbocycles. The molecule has 1 heterocycles. The summed E-state index contributed by atoms with van der Waals surface area (Å²) in [6.07, 6.45) is 0. The van der Waals surface area contributed by atoms with Crippen molar-refractivity contribution >= 4 is 23.2 Å². The Morgan fingerprint density at radius 3 is 2.12 bits per heavy atom. The highest BCUT2D eigenvalue weighted by Crippen LogP contribution is 2.20. The molecule has 2 aromatic carbocycles. The van der Waals surface area contributed by atoms with Gasteiger partial charge in [-0.2, -0.15) is 0 Å². The van der Waals surface area contributed by atoms with Gasteiger partial charge in [-0.15, -0.1) is 0 Å². The first-order valence-corrected chi connectivity index (χ1v) is 8.93. The highest BCUT2D eigenvalue weighted by molar-refractivity contribution is 6.04. The molecule has 26 heavy (non-hydrogen) atoms. The molecule has 2 aromatic rings. The van der Waals surface area contributed by atoms with Gasteiger partial charge >= 0.3 is 0 Å². The third kappa shape index (κ3) is 4.04. The molecule has 0 atom stereocenters. The van der Waals surface area contributed by atoms with Gasteiger partial charge in [0.05, 0.1) is 0 Å². The van der Waals surface area contributed by atoms with Crippen molar-refractivity contribution in [3.63, 3.8) is 0 Å². The normalized spacial score (nSPS) is 14.3. The van der Waals surface area contributed by atoms with E-state index in [1.165, 1.54) is 5.56 Å². The fourth-order valence-electron chi connectivity index (χ4n) is 3.12. The van der Waals surface area contributed by atoms with Gasteiger partial charge in [0.15, 0.2) is 0 Å². The number of anilines is 2. The minimum atomic E-state index is -0.101. The van der Waals surface area contributed by atoms with Gasteiger partial charge in [0.25, 0.3) is 5.91 Å². The molecule has 0 aliphatic carbocycles. The number of nitrogens with one attached hydrogen (secondary N) is 1. The van der Waals surface area contributed by atoms with E-state index in [9.17, 15) is 9.59 Å². The zero-order valence-corrected chi connectivity index (χ0v) is 15.6. The van der Waals surface area contributed by atoms with Gasteiger partial charge in [-0.05, 0) is 61.4 Å². The second-order valence-electron chi connectivity index (χ2n) is 6.79. The maximum atomic E-state index is 12.4. The molecule has 136 valence electrons. The second kappa shape index (κ2) is 7.60. The Labute approximate surface area is 154 Å². The van der Waals surface area contributed by atoms with Crippen LogP contribution in [0.4, 0.5) is 11.4 Å². The molecule has 2 amide bonds. The topological polar surface area (TPSA) is 52.7 Å². The molecule has 1 saturated heterocycles. The van der Waals surface area contributed by atoms with E-state index in [0.29, 0.717) is 5.56 Å². The molecule has 0 aromatic heterocycles. The number of carbonyl (C=O) groups is 2. The number of piperazine rings is 1. The van der Waals surface area contributed by atoms with Crippen LogP contribution >= 0.6 is 0 Å². The summed E-state index contributed by atoms with van der Waals surface area (Å²) in [4.78, 5) is 27.9. The van der Waals surface area contributed by atoms with Crippen molar-refractivity contribution in [3.05, 3.63) is 59.2 Å². The zero-order chi connectivity index (χ0) is 18.7. The summed E-state index contributed by atoms with van der Waals surface area (Å²) >= 11 is 0. The van der Waals surface area contributed by atoms with E-state index in [4.69, 9.17) is 0 Å². The molecule has 0 radical (unpaired) electrons. The Kier molecular flexibility index (Phi) is 5.26. The van der Waals surface area contributed by atoms with Crippen LogP contribution in [0.3, 0.4) is 0 Å². The summed E-state index contributed by atoms with van der Waals surface area (Å²) in [6.45, 7) is 8.81. The highest BCUT2D eigenvalue weighted by Gasteiger charge is 2.18. The maximum Gasteiger partial charge on any atom is 0.255 e. The van der Waals surface area contributed by atoms with Crippen LogP contribution in [0.1, 0.15) is 28.4 Å². The van der Waals surface area contributed by atoms with Crippen molar-refractivity contribution in [3.8, 4) is 0 Å². The summed E-state index contributed by atoms with van der Waals surface area (Å²) in [6, 6.07) is 13.6. The molecule has 3 rings (SSSR count). The zero-order valence-electron chi connectivity index (χ0n) is 15.6. The van der Waals surface area contributed by atoms with Crippen LogP contribution in [-0.2, 0) is 4.79 Å². The monoisotopic (exact) mass is 351 g/mol. The van der Waals surface area contributed by atoms with E-state index in [0.717, 1.165) is 43.1 Å². The summed E-state index contributed by atoms with van der Waals surface area (Å²) in [5.41, 5.74) is 4.84. The lowest BCUT2D eigenvalue weighted by molar-refractivity contribution is -0.129. The van der Waals surface area contributed by atoms with Gasteiger partial charge in [-0.3, -0.25) is 9.59 Å². The largest absolute Gasteiger partial charge is 0.368 e. The number of aryl methyl sites for hydroxylation is 2. The number of rotatable bonds is 3. The number of benzene rings is 2. The molecular weight excluding hydrogens is 326 g/mol. The van der Waals surface area contributed by atoms with Crippen LogP contribution in [0.25, 0.3) is 0 Å². The van der Waals surface area contributed by atoms with E-state index < -0.39 is 0 Å². The predicted molar refractivity (Wildman–Crippen MR) is 105 cm³/mol. The molecule has 0 unspecified atom stereocenters. The molecule has 5 nitrogen and oxygen atoms in total. The van der Waals surface area contributed by atoms with Gasteiger partial charge in [0, 0.05) is 50.0 Å². The Balaban J connectivity index is 1.62. The first-order chi connectivity index (χ1) is 12.4. The molecular formula is C21H25N3O2. The van der Waals surface area contributed by atoms with Crippen molar-refractivity contribution in [1.29, 1.82) is 0 Å².